The van der Waals surface area contributed by atoms with Gasteiger partial charge in [-0.25, -0.2) is 0 Å². The van der Waals surface area contributed by atoms with Crippen LogP contribution in [0.5, 0.6) is 5.75 Å². The number of allylic oxidation sites excluding steroid dienone is 2. The van der Waals surface area contributed by atoms with E-state index in [1.54, 1.807) is 13.2 Å². The number of hydrogen-bond acceptors (Lipinski definition) is 2. The first-order chi connectivity index (χ1) is 7.70. The van der Waals surface area contributed by atoms with Gasteiger partial charge < -0.3 is 4.74 Å². The molecule has 0 bridgehead atoms. The second-order valence-corrected chi connectivity index (χ2v) is 4.69. The van der Waals surface area contributed by atoms with Crippen LogP contribution < -0.4 is 4.74 Å². The highest BCUT2D eigenvalue weighted by Gasteiger charge is 2.13. The molecule has 0 aromatic heterocycles. The third-order valence-electron chi connectivity index (χ3n) is 2.73. The van der Waals surface area contributed by atoms with Crippen LogP contribution in [-0.4, -0.2) is 12.9 Å². The van der Waals surface area contributed by atoms with Crippen LogP contribution in [0.4, 0.5) is 0 Å². The SMILES string of the molecule is COc1ccc(C2=CC(=O)CCC2)c(Br)c1. The number of rotatable bonds is 2. The maximum atomic E-state index is 11.4. The van der Waals surface area contributed by atoms with E-state index in [0.29, 0.717) is 6.42 Å². The van der Waals surface area contributed by atoms with Gasteiger partial charge in [0.2, 0.25) is 0 Å². The summed E-state index contributed by atoms with van der Waals surface area (Å²) in [5.41, 5.74) is 2.21. The van der Waals surface area contributed by atoms with Crippen molar-refractivity contribution < 1.29 is 9.53 Å². The van der Waals surface area contributed by atoms with Gasteiger partial charge in [-0.2, -0.15) is 0 Å². The third-order valence-corrected chi connectivity index (χ3v) is 3.38. The Kier molecular flexibility index (Phi) is 3.44. The molecule has 1 aromatic carbocycles. The molecule has 1 aliphatic rings. The van der Waals surface area contributed by atoms with Crippen LogP contribution in [0.1, 0.15) is 24.8 Å². The average Bonchev–Trinajstić information content (AvgIpc) is 2.28. The molecule has 0 saturated carbocycles. The van der Waals surface area contributed by atoms with Crippen molar-refractivity contribution in [1.29, 1.82) is 0 Å². The van der Waals surface area contributed by atoms with E-state index in [-0.39, 0.29) is 5.78 Å². The summed E-state index contributed by atoms with van der Waals surface area (Å²) in [4.78, 5) is 11.4. The fourth-order valence-corrected chi connectivity index (χ4v) is 2.50. The lowest BCUT2D eigenvalue weighted by Gasteiger charge is -2.14. The van der Waals surface area contributed by atoms with Crippen molar-refractivity contribution in [3.63, 3.8) is 0 Å². The second kappa shape index (κ2) is 4.83. The van der Waals surface area contributed by atoms with E-state index in [0.717, 1.165) is 34.2 Å². The normalized spacial score (nSPS) is 15.9. The molecule has 0 N–H and O–H groups in total. The van der Waals surface area contributed by atoms with Crippen LogP contribution in [0, 0.1) is 0 Å². The maximum Gasteiger partial charge on any atom is 0.155 e. The minimum Gasteiger partial charge on any atom is -0.497 e. The van der Waals surface area contributed by atoms with Crippen LogP contribution in [0.25, 0.3) is 5.57 Å². The Bertz CT molecular complexity index is 449. The summed E-state index contributed by atoms with van der Waals surface area (Å²) < 4.78 is 6.12. The molecule has 0 spiro atoms. The number of carbonyl (C=O) groups is 1. The van der Waals surface area contributed by atoms with E-state index in [1.807, 2.05) is 18.2 Å². The van der Waals surface area contributed by atoms with Gasteiger partial charge in [0.15, 0.2) is 5.78 Å². The standard InChI is InChI=1S/C13H13BrO2/c1-16-11-5-6-12(13(14)8-11)9-3-2-4-10(15)7-9/h5-8H,2-4H2,1H3. The van der Waals surface area contributed by atoms with Crippen LogP contribution in [0.2, 0.25) is 0 Å². The fraction of sp³-hybridized carbons (Fsp3) is 0.308. The number of carbonyl (C=O) groups excluding carboxylic acids is 1. The van der Waals surface area contributed by atoms with Gasteiger partial charge >= 0.3 is 0 Å². The first-order valence-electron chi connectivity index (χ1n) is 5.28. The smallest absolute Gasteiger partial charge is 0.155 e. The molecule has 0 atom stereocenters. The van der Waals surface area contributed by atoms with Crippen molar-refractivity contribution in [1.82, 2.24) is 0 Å². The number of benzene rings is 1. The molecule has 84 valence electrons. The number of ketones is 1. The summed E-state index contributed by atoms with van der Waals surface area (Å²) in [6.45, 7) is 0. The van der Waals surface area contributed by atoms with Crippen molar-refractivity contribution >= 4 is 27.3 Å². The highest BCUT2D eigenvalue weighted by atomic mass is 79.9. The Hall–Kier alpha value is -1.09. The number of ether oxygens (including phenoxy) is 1. The minimum atomic E-state index is 0.226. The molecule has 0 amide bonds. The van der Waals surface area contributed by atoms with Crippen molar-refractivity contribution in [3.05, 3.63) is 34.3 Å². The first kappa shape index (κ1) is 11.4. The largest absolute Gasteiger partial charge is 0.497 e. The molecule has 2 rings (SSSR count). The first-order valence-corrected chi connectivity index (χ1v) is 6.07. The third kappa shape index (κ3) is 2.35. The van der Waals surface area contributed by atoms with Crippen LogP contribution in [0.15, 0.2) is 28.7 Å². The van der Waals surface area contributed by atoms with E-state index in [2.05, 4.69) is 15.9 Å². The summed E-state index contributed by atoms with van der Waals surface area (Å²) in [5.74, 6) is 1.04. The molecule has 0 saturated heterocycles. The predicted octanol–water partition coefficient (Wildman–Crippen LogP) is 3.59. The quantitative estimate of drug-likeness (QED) is 0.828. The van der Waals surface area contributed by atoms with Gasteiger partial charge in [0.25, 0.3) is 0 Å². The van der Waals surface area contributed by atoms with E-state index < -0.39 is 0 Å². The Morgan fingerprint density at radius 1 is 1.31 bits per heavy atom. The van der Waals surface area contributed by atoms with Crippen LogP contribution in [0.3, 0.4) is 0 Å². The molecular formula is C13H13BrO2. The van der Waals surface area contributed by atoms with Gasteiger partial charge in [-0.15, -0.1) is 0 Å². The summed E-state index contributed by atoms with van der Waals surface area (Å²) in [6, 6.07) is 5.84. The Balaban J connectivity index is 2.37. The zero-order valence-electron chi connectivity index (χ0n) is 9.13. The zero-order valence-corrected chi connectivity index (χ0v) is 10.7. The van der Waals surface area contributed by atoms with E-state index >= 15 is 0 Å². The lowest BCUT2D eigenvalue weighted by Crippen LogP contribution is -2.02. The molecule has 0 heterocycles. The number of hydrogen-bond donors (Lipinski definition) is 0. The van der Waals surface area contributed by atoms with Crippen molar-refractivity contribution in [2.45, 2.75) is 19.3 Å². The molecule has 16 heavy (non-hydrogen) atoms. The average molecular weight is 281 g/mol. The van der Waals surface area contributed by atoms with Gasteiger partial charge in [-0.1, -0.05) is 15.9 Å². The highest BCUT2D eigenvalue weighted by Crippen LogP contribution is 2.32. The van der Waals surface area contributed by atoms with Gasteiger partial charge in [-0.3, -0.25) is 4.79 Å². The lowest BCUT2D eigenvalue weighted by molar-refractivity contribution is -0.114. The fourth-order valence-electron chi connectivity index (χ4n) is 1.89. The Morgan fingerprint density at radius 2 is 2.12 bits per heavy atom. The molecule has 0 unspecified atom stereocenters. The zero-order chi connectivity index (χ0) is 11.5. The lowest BCUT2D eigenvalue weighted by atomic mass is 9.93. The minimum absolute atomic E-state index is 0.226. The van der Waals surface area contributed by atoms with Gasteiger partial charge in [0, 0.05) is 10.9 Å². The summed E-state index contributed by atoms with van der Waals surface area (Å²) in [6.07, 6.45) is 4.35. The predicted molar refractivity (Wildman–Crippen MR) is 67.5 cm³/mol. The Labute approximate surface area is 103 Å². The molecule has 3 heteroatoms. The number of methoxy groups -OCH3 is 1. The summed E-state index contributed by atoms with van der Waals surface area (Å²) in [5, 5.41) is 0. The Morgan fingerprint density at radius 3 is 2.75 bits per heavy atom. The van der Waals surface area contributed by atoms with E-state index in [4.69, 9.17) is 4.74 Å². The maximum absolute atomic E-state index is 11.4. The highest BCUT2D eigenvalue weighted by molar-refractivity contribution is 9.10. The van der Waals surface area contributed by atoms with E-state index in [9.17, 15) is 4.79 Å². The molecule has 0 aliphatic heterocycles. The van der Waals surface area contributed by atoms with E-state index in [1.165, 1.54) is 0 Å². The monoisotopic (exact) mass is 280 g/mol. The second-order valence-electron chi connectivity index (χ2n) is 3.84. The topological polar surface area (TPSA) is 26.3 Å². The van der Waals surface area contributed by atoms with Crippen molar-refractivity contribution in [2.24, 2.45) is 0 Å². The molecule has 1 aliphatic carbocycles. The van der Waals surface area contributed by atoms with Gasteiger partial charge in [0.05, 0.1) is 7.11 Å². The molecule has 2 nitrogen and oxygen atoms in total. The van der Waals surface area contributed by atoms with Crippen molar-refractivity contribution in [3.8, 4) is 5.75 Å². The number of halogens is 1. The molecular weight excluding hydrogens is 268 g/mol. The van der Waals surface area contributed by atoms with Gasteiger partial charge in [0.1, 0.15) is 5.75 Å². The summed E-state index contributed by atoms with van der Waals surface area (Å²) >= 11 is 3.51. The molecule has 1 aromatic rings. The van der Waals surface area contributed by atoms with Crippen LogP contribution in [-0.2, 0) is 4.79 Å². The van der Waals surface area contributed by atoms with Crippen LogP contribution >= 0.6 is 15.9 Å². The van der Waals surface area contributed by atoms with Gasteiger partial charge in [-0.05, 0) is 48.3 Å². The summed E-state index contributed by atoms with van der Waals surface area (Å²) in [7, 11) is 1.64. The van der Waals surface area contributed by atoms with Crippen molar-refractivity contribution in [2.75, 3.05) is 7.11 Å². The molecule has 0 radical (unpaired) electrons. The molecule has 0 fully saturated rings.